The number of amidine groups is 1. The van der Waals surface area contributed by atoms with Crippen LogP contribution in [0.1, 0.15) is 18.1 Å². The van der Waals surface area contributed by atoms with Crippen LogP contribution in [0.5, 0.6) is 0 Å². The molecule has 0 aliphatic heterocycles. The maximum atomic E-state index is 7.46. The molecule has 86 valence electrons. The minimum atomic E-state index is -0.0705. The van der Waals surface area contributed by atoms with Crippen LogP contribution in [-0.2, 0) is 12.2 Å². The highest BCUT2D eigenvalue weighted by Crippen LogP contribution is 2.14. The predicted octanol–water partition coefficient (Wildman–Crippen LogP) is 1.69. The first kappa shape index (κ1) is 12.6. The maximum Gasteiger partial charge on any atom is 0.193 e. The van der Waals surface area contributed by atoms with Crippen LogP contribution in [-0.4, -0.2) is 11.1 Å². The van der Waals surface area contributed by atoms with Gasteiger partial charge in [-0.2, -0.15) is 4.99 Å². The van der Waals surface area contributed by atoms with Gasteiger partial charge in [0.25, 0.3) is 0 Å². The van der Waals surface area contributed by atoms with Crippen molar-refractivity contribution in [3.05, 3.63) is 35.4 Å². The Kier molecular flexibility index (Phi) is 4.85. The number of benzene rings is 1. The van der Waals surface area contributed by atoms with Crippen molar-refractivity contribution in [2.75, 3.05) is 0 Å². The molecule has 1 aromatic carbocycles. The molecule has 0 spiro atoms. The van der Waals surface area contributed by atoms with Gasteiger partial charge in [-0.25, -0.2) is 0 Å². The Morgan fingerprint density at radius 1 is 1.25 bits per heavy atom. The number of thioether (sulfide) groups is 1. The third-order valence-electron chi connectivity index (χ3n) is 2.04. The van der Waals surface area contributed by atoms with Crippen LogP contribution in [0, 0.1) is 5.41 Å². The Bertz CT molecular complexity index is 379. The topological polar surface area (TPSA) is 88.2 Å². The lowest BCUT2D eigenvalue weighted by Crippen LogP contribution is -2.23. The number of guanidine groups is 1. The summed E-state index contributed by atoms with van der Waals surface area (Å²) in [6, 6.07) is 8.32. The molecular weight excluding hydrogens is 220 g/mol. The van der Waals surface area contributed by atoms with E-state index in [9.17, 15) is 0 Å². The Morgan fingerprint density at radius 2 is 1.81 bits per heavy atom. The lowest BCUT2D eigenvalue weighted by molar-refractivity contribution is 1.13. The van der Waals surface area contributed by atoms with Gasteiger partial charge in [-0.3, -0.25) is 5.41 Å². The molecule has 0 saturated heterocycles. The predicted molar refractivity (Wildman–Crippen MR) is 70.7 cm³/mol. The van der Waals surface area contributed by atoms with Gasteiger partial charge in [-0.1, -0.05) is 43.0 Å². The Labute approximate surface area is 99.6 Å². The van der Waals surface area contributed by atoms with Crippen LogP contribution in [0.3, 0.4) is 0 Å². The average molecular weight is 236 g/mol. The third kappa shape index (κ3) is 4.35. The summed E-state index contributed by atoms with van der Waals surface area (Å²) >= 11 is 1.31. The monoisotopic (exact) mass is 236 g/mol. The van der Waals surface area contributed by atoms with Crippen LogP contribution in [0.25, 0.3) is 0 Å². The molecule has 5 heteroatoms. The van der Waals surface area contributed by atoms with Crippen molar-refractivity contribution in [3.8, 4) is 0 Å². The van der Waals surface area contributed by atoms with Crippen molar-refractivity contribution in [3.63, 3.8) is 0 Å². The first-order chi connectivity index (χ1) is 7.61. The standard InChI is InChI=1S/C11H16N4S/c1-2-8-3-5-9(6-4-8)7-16-11(14)15-10(12)13/h3-6H,2,7H2,1H3,(H5,12,13,14,15). The maximum absolute atomic E-state index is 7.46. The quantitative estimate of drug-likeness (QED) is 0.551. The van der Waals surface area contributed by atoms with Crippen molar-refractivity contribution >= 4 is 22.9 Å². The lowest BCUT2D eigenvalue weighted by Gasteiger charge is -2.02. The SMILES string of the molecule is CCc1ccc(CSC(=N)N=C(N)N)cc1. The van der Waals surface area contributed by atoms with E-state index in [0.717, 1.165) is 12.0 Å². The van der Waals surface area contributed by atoms with Gasteiger partial charge in [0.1, 0.15) is 0 Å². The van der Waals surface area contributed by atoms with Gasteiger partial charge in [0, 0.05) is 5.75 Å². The molecular formula is C11H16N4S. The molecule has 1 aromatic rings. The van der Waals surface area contributed by atoms with Gasteiger partial charge in [0.2, 0.25) is 0 Å². The summed E-state index contributed by atoms with van der Waals surface area (Å²) in [6.45, 7) is 2.12. The van der Waals surface area contributed by atoms with E-state index >= 15 is 0 Å². The summed E-state index contributed by atoms with van der Waals surface area (Å²) < 4.78 is 0. The van der Waals surface area contributed by atoms with E-state index in [4.69, 9.17) is 16.9 Å². The fourth-order valence-corrected chi connectivity index (χ4v) is 1.84. The number of nitrogens with one attached hydrogen (secondary N) is 1. The zero-order chi connectivity index (χ0) is 12.0. The fraction of sp³-hybridized carbons (Fsp3) is 0.273. The molecule has 0 aliphatic rings. The van der Waals surface area contributed by atoms with E-state index in [1.165, 1.54) is 17.3 Å². The van der Waals surface area contributed by atoms with Crippen molar-refractivity contribution in [2.24, 2.45) is 16.5 Å². The summed E-state index contributed by atoms with van der Waals surface area (Å²) in [5, 5.41) is 7.60. The van der Waals surface area contributed by atoms with E-state index in [2.05, 4.69) is 36.2 Å². The molecule has 1 rings (SSSR count). The molecule has 0 heterocycles. The molecule has 0 amide bonds. The van der Waals surface area contributed by atoms with Gasteiger partial charge in [-0.05, 0) is 17.5 Å². The Morgan fingerprint density at radius 3 is 2.31 bits per heavy atom. The van der Waals surface area contributed by atoms with E-state index in [0.29, 0.717) is 5.75 Å². The Balaban J connectivity index is 2.48. The second-order valence-electron chi connectivity index (χ2n) is 3.30. The summed E-state index contributed by atoms with van der Waals surface area (Å²) in [5.41, 5.74) is 12.8. The zero-order valence-corrected chi connectivity index (χ0v) is 10.1. The molecule has 16 heavy (non-hydrogen) atoms. The largest absolute Gasteiger partial charge is 0.370 e. The number of hydrogen-bond donors (Lipinski definition) is 3. The van der Waals surface area contributed by atoms with Crippen LogP contribution in [0.15, 0.2) is 29.3 Å². The zero-order valence-electron chi connectivity index (χ0n) is 9.23. The highest BCUT2D eigenvalue weighted by molar-refractivity contribution is 8.13. The summed E-state index contributed by atoms with van der Waals surface area (Å²) in [5.74, 6) is 0.637. The molecule has 0 aliphatic carbocycles. The van der Waals surface area contributed by atoms with E-state index in [1.54, 1.807) is 0 Å². The molecule has 5 N–H and O–H groups in total. The smallest absolute Gasteiger partial charge is 0.193 e. The minimum Gasteiger partial charge on any atom is -0.370 e. The molecule has 0 fully saturated rings. The molecule has 4 nitrogen and oxygen atoms in total. The molecule has 0 aromatic heterocycles. The van der Waals surface area contributed by atoms with Crippen molar-refractivity contribution < 1.29 is 0 Å². The van der Waals surface area contributed by atoms with Crippen molar-refractivity contribution in [1.29, 1.82) is 5.41 Å². The Hall–Kier alpha value is -1.49. The van der Waals surface area contributed by atoms with E-state index < -0.39 is 0 Å². The second-order valence-corrected chi connectivity index (χ2v) is 4.26. The van der Waals surface area contributed by atoms with Crippen LogP contribution in [0.2, 0.25) is 0 Å². The molecule has 0 unspecified atom stereocenters. The first-order valence-corrected chi connectivity index (χ1v) is 5.99. The molecule has 0 radical (unpaired) electrons. The minimum absolute atomic E-state index is 0.0705. The number of aliphatic imine (C=N–C) groups is 1. The number of hydrogen-bond acceptors (Lipinski definition) is 2. The molecule has 0 saturated carbocycles. The third-order valence-corrected chi connectivity index (χ3v) is 2.88. The van der Waals surface area contributed by atoms with Gasteiger partial charge in [0.15, 0.2) is 11.1 Å². The fourth-order valence-electron chi connectivity index (χ4n) is 1.17. The number of rotatable bonds is 3. The van der Waals surface area contributed by atoms with Crippen LogP contribution < -0.4 is 11.5 Å². The van der Waals surface area contributed by atoms with Gasteiger partial charge in [0.05, 0.1) is 0 Å². The number of nitrogens with two attached hydrogens (primary N) is 2. The number of aryl methyl sites for hydroxylation is 1. The van der Waals surface area contributed by atoms with Crippen LogP contribution >= 0.6 is 11.8 Å². The highest BCUT2D eigenvalue weighted by Gasteiger charge is 1.98. The molecule has 0 atom stereocenters. The molecule has 0 bridgehead atoms. The summed E-state index contributed by atoms with van der Waals surface area (Å²) in [4.78, 5) is 3.64. The van der Waals surface area contributed by atoms with E-state index in [-0.39, 0.29) is 11.1 Å². The highest BCUT2D eigenvalue weighted by atomic mass is 32.2. The van der Waals surface area contributed by atoms with Gasteiger partial charge >= 0.3 is 0 Å². The summed E-state index contributed by atoms with van der Waals surface area (Å²) in [6.07, 6.45) is 1.04. The van der Waals surface area contributed by atoms with Crippen molar-refractivity contribution in [1.82, 2.24) is 0 Å². The van der Waals surface area contributed by atoms with Gasteiger partial charge in [-0.15, -0.1) is 0 Å². The first-order valence-electron chi connectivity index (χ1n) is 5.00. The van der Waals surface area contributed by atoms with Crippen molar-refractivity contribution in [2.45, 2.75) is 19.1 Å². The number of nitrogens with zero attached hydrogens (tertiary/aromatic N) is 1. The van der Waals surface area contributed by atoms with Gasteiger partial charge < -0.3 is 11.5 Å². The van der Waals surface area contributed by atoms with Crippen LogP contribution in [0.4, 0.5) is 0 Å². The normalized spacial score (nSPS) is 9.81. The summed E-state index contributed by atoms with van der Waals surface area (Å²) in [7, 11) is 0. The second kappa shape index (κ2) is 6.17. The lowest BCUT2D eigenvalue weighted by atomic mass is 10.1. The average Bonchev–Trinajstić information content (AvgIpc) is 2.26. The van der Waals surface area contributed by atoms with E-state index in [1.807, 2.05) is 0 Å².